The second-order valence-electron chi connectivity index (χ2n) is 4.87. The second-order valence-corrected chi connectivity index (χ2v) is 4.87. The van der Waals surface area contributed by atoms with Gasteiger partial charge in [0.1, 0.15) is 18.2 Å². The lowest BCUT2D eigenvalue weighted by atomic mass is 10.3. The van der Waals surface area contributed by atoms with Crippen LogP contribution in [0.4, 0.5) is 11.6 Å². The van der Waals surface area contributed by atoms with Gasteiger partial charge in [-0.25, -0.2) is 9.97 Å². The zero-order chi connectivity index (χ0) is 14.4. The topological polar surface area (TPSA) is 71.5 Å². The highest BCUT2D eigenvalue weighted by Gasteiger charge is 2.17. The number of hydrogen-bond acceptors (Lipinski definition) is 7. The van der Waals surface area contributed by atoms with E-state index < -0.39 is 0 Å². The first kappa shape index (κ1) is 15.0. The summed E-state index contributed by atoms with van der Waals surface area (Å²) in [7, 11) is 5.58. The smallest absolute Gasteiger partial charge is 0.158 e. The average Bonchev–Trinajstić information content (AvgIpc) is 2.45. The van der Waals surface area contributed by atoms with Gasteiger partial charge in [0.25, 0.3) is 0 Å². The van der Waals surface area contributed by atoms with Crippen molar-refractivity contribution in [3.63, 3.8) is 0 Å². The van der Waals surface area contributed by atoms with E-state index in [0.29, 0.717) is 12.4 Å². The Balaban J connectivity index is 1.95. The molecule has 112 valence electrons. The molecule has 7 heteroatoms. The molecule has 2 heterocycles. The first-order valence-corrected chi connectivity index (χ1v) is 6.80. The van der Waals surface area contributed by atoms with Crippen molar-refractivity contribution < 1.29 is 9.47 Å². The summed E-state index contributed by atoms with van der Waals surface area (Å²) < 4.78 is 10.8. The number of methoxy groups -OCH3 is 1. The van der Waals surface area contributed by atoms with Crippen LogP contribution < -0.4 is 10.6 Å². The molecular weight excluding hydrogens is 258 g/mol. The molecule has 0 amide bonds. The molecule has 7 nitrogen and oxygen atoms in total. The fourth-order valence-electron chi connectivity index (χ4n) is 2.12. The second kappa shape index (κ2) is 7.37. The van der Waals surface area contributed by atoms with Crippen LogP contribution in [-0.4, -0.2) is 68.4 Å². The molecule has 2 rings (SSSR count). The van der Waals surface area contributed by atoms with Crippen molar-refractivity contribution in [2.75, 3.05) is 58.1 Å². The molecule has 1 aromatic rings. The highest BCUT2D eigenvalue weighted by atomic mass is 16.5. The van der Waals surface area contributed by atoms with E-state index in [-0.39, 0.29) is 6.10 Å². The highest BCUT2D eigenvalue weighted by Crippen LogP contribution is 2.12. The zero-order valence-electron chi connectivity index (χ0n) is 12.3. The van der Waals surface area contributed by atoms with E-state index in [1.165, 1.54) is 0 Å². The number of rotatable bonds is 6. The van der Waals surface area contributed by atoms with Crippen molar-refractivity contribution >= 4 is 11.6 Å². The molecule has 1 unspecified atom stereocenters. The third kappa shape index (κ3) is 4.29. The van der Waals surface area contributed by atoms with E-state index in [4.69, 9.17) is 9.47 Å². The lowest BCUT2D eigenvalue weighted by Crippen LogP contribution is -2.43. The minimum atomic E-state index is 0.188. The van der Waals surface area contributed by atoms with E-state index in [1.54, 1.807) is 7.11 Å². The lowest BCUT2D eigenvalue weighted by Gasteiger charge is -2.30. The summed E-state index contributed by atoms with van der Waals surface area (Å²) in [6.45, 7) is 3.83. The van der Waals surface area contributed by atoms with Gasteiger partial charge in [0, 0.05) is 39.9 Å². The van der Waals surface area contributed by atoms with Crippen molar-refractivity contribution in [3.05, 3.63) is 11.9 Å². The molecule has 0 saturated carbocycles. The summed E-state index contributed by atoms with van der Waals surface area (Å²) >= 11 is 0. The SMILES string of the molecule is CNc1cc(NCC2CN(C)CCO2)nc(COC)n1. The molecule has 0 aromatic carbocycles. The van der Waals surface area contributed by atoms with Crippen molar-refractivity contribution in [3.8, 4) is 0 Å². The first-order valence-electron chi connectivity index (χ1n) is 6.80. The molecule has 1 aliphatic rings. The summed E-state index contributed by atoms with van der Waals surface area (Å²) in [6.07, 6.45) is 0.188. The third-order valence-corrected chi connectivity index (χ3v) is 3.15. The normalized spacial score (nSPS) is 19.9. The predicted octanol–water partition coefficient (Wildman–Crippen LogP) is 0.407. The van der Waals surface area contributed by atoms with Crippen LogP contribution in [0.25, 0.3) is 0 Å². The van der Waals surface area contributed by atoms with Crippen molar-refractivity contribution in [1.82, 2.24) is 14.9 Å². The van der Waals surface area contributed by atoms with Gasteiger partial charge in [-0.2, -0.15) is 0 Å². The van der Waals surface area contributed by atoms with Gasteiger partial charge in [-0.15, -0.1) is 0 Å². The minimum absolute atomic E-state index is 0.188. The summed E-state index contributed by atoms with van der Waals surface area (Å²) in [4.78, 5) is 11.0. The average molecular weight is 281 g/mol. The Kier molecular flexibility index (Phi) is 5.51. The van der Waals surface area contributed by atoms with Crippen LogP contribution in [0.1, 0.15) is 5.82 Å². The molecule has 0 radical (unpaired) electrons. The number of ether oxygens (including phenoxy) is 2. The van der Waals surface area contributed by atoms with Gasteiger partial charge in [0.05, 0.1) is 12.7 Å². The maximum absolute atomic E-state index is 5.72. The molecule has 0 aliphatic carbocycles. The Bertz CT molecular complexity index is 429. The third-order valence-electron chi connectivity index (χ3n) is 3.15. The maximum Gasteiger partial charge on any atom is 0.158 e. The predicted molar refractivity (Wildman–Crippen MR) is 78.0 cm³/mol. The number of hydrogen-bond donors (Lipinski definition) is 2. The van der Waals surface area contributed by atoms with Crippen LogP contribution in [0.3, 0.4) is 0 Å². The molecule has 1 saturated heterocycles. The van der Waals surface area contributed by atoms with E-state index in [9.17, 15) is 0 Å². The Morgan fingerprint density at radius 2 is 2.25 bits per heavy atom. The van der Waals surface area contributed by atoms with E-state index in [2.05, 4.69) is 32.5 Å². The summed E-state index contributed by atoms with van der Waals surface area (Å²) in [5, 5.41) is 6.34. The molecule has 1 atom stereocenters. The van der Waals surface area contributed by atoms with E-state index in [1.807, 2.05) is 13.1 Å². The number of nitrogens with one attached hydrogen (secondary N) is 2. The lowest BCUT2D eigenvalue weighted by molar-refractivity contribution is -0.0117. The Labute approximate surface area is 119 Å². The molecular formula is C13H23N5O2. The van der Waals surface area contributed by atoms with Crippen molar-refractivity contribution in [2.45, 2.75) is 12.7 Å². The number of anilines is 2. The number of nitrogens with zero attached hydrogens (tertiary/aromatic N) is 3. The maximum atomic E-state index is 5.72. The van der Waals surface area contributed by atoms with Crippen LogP contribution in [0.15, 0.2) is 6.07 Å². The van der Waals surface area contributed by atoms with Gasteiger partial charge in [-0.1, -0.05) is 0 Å². The highest BCUT2D eigenvalue weighted by molar-refractivity contribution is 5.47. The van der Waals surface area contributed by atoms with Gasteiger partial charge < -0.3 is 25.0 Å². The first-order chi connectivity index (χ1) is 9.71. The van der Waals surface area contributed by atoms with Crippen LogP contribution in [0.5, 0.6) is 0 Å². The molecule has 1 aliphatic heterocycles. The Morgan fingerprint density at radius 1 is 1.45 bits per heavy atom. The summed E-state index contributed by atoms with van der Waals surface area (Å²) in [5.41, 5.74) is 0. The largest absolute Gasteiger partial charge is 0.377 e. The van der Waals surface area contributed by atoms with Gasteiger partial charge in [0.2, 0.25) is 0 Å². The van der Waals surface area contributed by atoms with E-state index >= 15 is 0 Å². The van der Waals surface area contributed by atoms with Crippen LogP contribution in [0.2, 0.25) is 0 Å². The fraction of sp³-hybridized carbons (Fsp3) is 0.692. The molecule has 1 aromatic heterocycles. The van der Waals surface area contributed by atoms with Crippen molar-refractivity contribution in [1.29, 1.82) is 0 Å². The zero-order valence-corrected chi connectivity index (χ0v) is 12.3. The fourth-order valence-corrected chi connectivity index (χ4v) is 2.12. The standard InChI is InChI=1S/C13H23N5O2/c1-14-11-6-12(17-13(16-11)9-19-3)15-7-10-8-18(2)4-5-20-10/h6,10H,4-5,7-9H2,1-3H3,(H2,14,15,16,17). The molecule has 1 fully saturated rings. The number of likely N-dealkylation sites (N-methyl/N-ethyl adjacent to an activating group) is 1. The monoisotopic (exact) mass is 281 g/mol. The summed E-state index contributed by atoms with van der Waals surface area (Å²) in [5.74, 6) is 2.22. The summed E-state index contributed by atoms with van der Waals surface area (Å²) in [6, 6.07) is 1.88. The quantitative estimate of drug-likeness (QED) is 0.782. The van der Waals surface area contributed by atoms with Gasteiger partial charge >= 0.3 is 0 Å². The Morgan fingerprint density at radius 3 is 2.95 bits per heavy atom. The Hall–Kier alpha value is -1.44. The molecule has 0 bridgehead atoms. The number of morpholine rings is 1. The van der Waals surface area contributed by atoms with Crippen LogP contribution >= 0.6 is 0 Å². The number of aromatic nitrogens is 2. The van der Waals surface area contributed by atoms with E-state index in [0.717, 1.165) is 37.9 Å². The van der Waals surface area contributed by atoms with Gasteiger partial charge in [-0.3, -0.25) is 0 Å². The molecule has 20 heavy (non-hydrogen) atoms. The molecule has 2 N–H and O–H groups in total. The van der Waals surface area contributed by atoms with Gasteiger partial charge in [0.15, 0.2) is 5.82 Å². The molecule has 0 spiro atoms. The van der Waals surface area contributed by atoms with Crippen molar-refractivity contribution in [2.24, 2.45) is 0 Å². The van der Waals surface area contributed by atoms with Crippen LogP contribution in [0, 0.1) is 0 Å². The van der Waals surface area contributed by atoms with Crippen LogP contribution in [-0.2, 0) is 16.1 Å². The van der Waals surface area contributed by atoms with Gasteiger partial charge in [-0.05, 0) is 7.05 Å². The minimum Gasteiger partial charge on any atom is -0.377 e.